The van der Waals surface area contributed by atoms with Crippen LogP contribution in [0.1, 0.15) is 196 Å². The third kappa shape index (κ3) is 22.9. The lowest BCUT2D eigenvalue weighted by atomic mass is 9.67. The first-order valence-electron chi connectivity index (χ1n) is 20.4. The minimum Gasteiger partial charge on any atom is -0.481 e. The van der Waals surface area contributed by atoms with Crippen molar-refractivity contribution >= 4 is 17.9 Å². The molecule has 0 saturated carbocycles. The Hall–Kier alpha value is -1.63. The van der Waals surface area contributed by atoms with E-state index in [1.54, 1.807) is 6.92 Å². The fourth-order valence-electron chi connectivity index (χ4n) is 7.23. The minimum absolute atomic E-state index is 0.0262. The molecule has 0 aliphatic heterocycles. The highest BCUT2D eigenvalue weighted by Crippen LogP contribution is 2.44. The summed E-state index contributed by atoms with van der Waals surface area (Å²) >= 11 is 0. The van der Waals surface area contributed by atoms with Crippen molar-refractivity contribution in [2.75, 3.05) is 26.2 Å². The molecule has 0 spiro atoms. The van der Waals surface area contributed by atoms with Crippen LogP contribution < -0.4 is 0 Å². The van der Waals surface area contributed by atoms with Crippen molar-refractivity contribution in [2.45, 2.75) is 202 Å². The zero-order valence-electron chi connectivity index (χ0n) is 32.8. The van der Waals surface area contributed by atoms with Crippen molar-refractivity contribution in [3.63, 3.8) is 0 Å². The smallest absolute Gasteiger partial charge is 0.309 e. The molecule has 48 heavy (non-hydrogen) atoms. The molecule has 284 valence electrons. The van der Waals surface area contributed by atoms with Gasteiger partial charge in [0, 0.05) is 12.8 Å². The lowest BCUT2D eigenvalue weighted by molar-refractivity contribution is -0.158. The van der Waals surface area contributed by atoms with Gasteiger partial charge in [-0.15, -0.1) is 0 Å². The van der Waals surface area contributed by atoms with Gasteiger partial charge in [0.1, 0.15) is 12.7 Å². The molecule has 0 aromatic heterocycles. The van der Waals surface area contributed by atoms with E-state index in [2.05, 4.69) is 46.4 Å². The molecular formula is C41H79NO6. The SMILES string of the molecule is CCCCCCC(CCCC)CC(CCCC(=O)OCC(C)OC(=O)CCCN(CC)CC)(CC(CCCC)CCCCCC)C(=O)O. The molecule has 0 aromatic carbocycles. The highest BCUT2D eigenvalue weighted by Gasteiger charge is 2.41. The van der Waals surface area contributed by atoms with Crippen molar-refractivity contribution in [1.82, 2.24) is 4.90 Å². The average molecular weight is 682 g/mol. The second-order valence-electron chi connectivity index (χ2n) is 14.7. The van der Waals surface area contributed by atoms with Gasteiger partial charge in [-0.3, -0.25) is 14.4 Å². The number of hydrogen-bond acceptors (Lipinski definition) is 6. The number of aliphatic carboxylic acids is 1. The number of carboxylic acid groups (broad SMARTS) is 1. The van der Waals surface area contributed by atoms with Crippen LogP contribution >= 0.6 is 0 Å². The maximum absolute atomic E-state index is 13.4. The molecule has 0 radical (unpaired) electrons. The third-order valence-corrected chi connectivity index (χ3v) is 10.3. The van der Waals surface area contributed by atoms with Crippen LogP contribution in [0.25, 0.3) is 0 Å². The lowest BCUT2D eigenvalue weighted by Gasteiger charge is -2.37. The molecular weight excluding hydrogens is 602 g/mol. The van der Waals surface area contributed by atoms with Crippen LogP contribution in [0.3, 0.4) is 0 Å². The molecule has 3 atom stereocenters. The van der Waals surface area contributed by atoms with Crippen LogP contribution in [0.15, 0.2) is 0 Å². The van der Waals surface area contributed by atoms with Crippen LogP contribution in [-0.4, -0.2) is 60.3 Å². The van der Waals surface area contributed by atoms with E-state index >= 15 is 0 Å². The van der Waals surface area contributed by atoms with Gasteiger partial charge in [-0.25, -0.2) is 0 Å². The van der Waals surface area contributed by atoms with Crippen molar-refractivity contribution in [1.29, 1.82) is 0 Å². The first-order valence-corrected chi connectivity index (χ1v) is 20.4. The first-order chi connectivity index (χ1) is 23.1. The molecule has 0 aliphatic carbocycles. The van der Waals surface area contributed by atoms with Gasteiger partial charge >= 0.3 is 17.9 Å². The Morgan fingerprint density at radius 1 is 0.625 bits per heavy atom. The van der Waals surface area contributed by atoms with E-state index in [0.29, 0.717) is 43.9 Å². The number of rotatable bonds is 34. The fraction of sp³-hybridized carbons (Fsp3) is 0.927. The molecule has 0 bridgehead atoms. The summed E-state index contributed by atoms with van der Waals surface area (Å²) in [6.45, 7) is 17.7. The van der Waals surface area contributed by atoms with Crippen molar-refractivity contribution in [3.8, 4) is 0 Å². The Kier molecular flexibility index (Phi) is 29.2. The normalized spacial score (nSPS) is 14.8. The number of carboxylic acids is 1. The van der Waals surface area contributed by atoms with Crippen LogP contribution in [0.4, 0.5) is 0 Å². The Balaban J connectivity index is 5.52. The van der Waals surface area contributed by atoms with Gasteiger partial charge in [0.05, 0.1) is 5.41 Å². The Labute approximate surface area is 297 Å². The fourth-order valence-corrected chi connectivity index (χ4v) is 7.23. The second kappa shape index (κ2) is 30.2. The highest BCUT2D eigenvalue weighted by atomic mass is 16.6. The molecule has 1 N–H and O–H groups in total. The lowest BCUT2D eigenvalue weighted by Crippen LogP contribution is -2.36. The highest BCUT2D eigenvalue weighted by molar-refractivity contribution is 5.75. The van der Waals surface area contributed by atoms with Gasteiger partial charge < -0.3 is 19.5 Å². The third-order valence-electron chi connectivity index (χ3n) is 10.3. The number of carbonyl (C=O) groups is 3. The number of hydrogen-bond donors (Lipinski definition) is 1. The number of nitrogens with zero attached hydrogens (tertiary/aromatic N) is 1. The molecule has 7 nitrogen and oxygen atoms in total. The summed E-state index contributed by atoms with van der Waals surface area (Å²) in [5, 5.41) is 11.0. The molecule has 0 saturated heterocycles. The number of esters is 2. The van der Waals surface area contributed by atoms with E-state index in [9.17, 15) is 19.5 Å². The van der Waals surface area contributed by atoms with E-state index in [1.165, 1.54) is 51.4 Å². The summed E-state index contributed by atoms with van der Waals surface area (Å²) < 4.78 is 11.0. The van der Waals surface area contributed by atoms with Gasteiger partial charge in [-0.1, -0.05) is 144 Å². The van der Waals surface area contributed by atoms with Crippen LogP contribution in [0.5, 0.6) is 0 Å². The summed E-state index contributed by atoms with van der Waals surface area (Å²) in [5.74, 6) is -0.485. The van der Waals surface area contributed by atoms with Gasteiger partial charge in [0.15, 0.2) is 0 Å². The molecule has 0 aromatic rings. The van der Waals surface area contributed by atoms with E-state index in [4.69, 9.17) is 9.47 Å². The minimum atomic E-state index is -0.819. The summed E-state index contributed by atoms with van der Waals surface area (Å²) in [6, 6.07) is 0. The summed E-state index contributed by atoms with van der Waals surface area (Å²) in [4.78, 5) is 40.7. The van der Waals surface area contributed by atoms with Gasteiger partial charge in [-0.2, -0.15) is 0 Å². The molecule has 3 unspecified atom stereocenters. The molecule has 0 amide bonds. The largest absolute Gasteiger partial charge is 0.481 e. The Morgan fingerprint density at radius 3 is 1.56 bits per heavy atom. The second-order valence-corrected chi connectivity index (χ2v) is 14.7. The van der Waals surface area contributed by atoms with Gasteiger partial charge in [0.2, 0.25) is 0 Å². The zero-order valence-corrected chi connectivity index (χ0v) is 32.8. The van der Waals surface area contributed by atoms with E-state index in [-0.39, 0.29) is 25.0 Å². The molecule has 0 fully saturated rings. The first kappa shape index (κ1) is 46.4. The van der Waals surface area contributed by atoms with Crippen molar-refractivity contribution in [2.24, 2.45) is 17.3 Å². The van der Waals surface area contributed by atoms with Crippen LogP contribution in [0.2, 0.25) is 0 Å². The van der Waals surface area contributed by atoms with E-state index < -0.39 is 17.5 Å². The quantitative estimate of drug-likeness (QED) is 0.0533. The monoisotopic (exact) mass is 682 g/mol. The Morgan fingerprint density at radius 2 is 1.10 bits per heavy atom. The number of carbonyl (C=O) groups excluding carboxylic acids is 2. The van der Waals surface area contributed by atoms with Gasteiger partial charge in [-0.05, 0) is 70.5 Å². The predicted octanol–water partition coefficient (Wildman–Crippen LogP) is 11.2. The average Bonchev–Trinajstić information content (AvgIpc) is 3.06. The van der Waals surface area contributed by atoms with Crippen molar-refractivity contribution in [3.05, 3.63) is 0 Å². The summed E-state index contributed by atoms with van der Waals surface area (Å²) in [5.41, 5.74) is -0.819. The molecule has 0 heterocycles. The van der Waals surface area contributed by atoms with Crippen LogP contribution in [0, 0.1) is 17.3 Å². The van der Waals surface area contributed by atoms with E-state index in [0.717, 1.165) is 77.4 Å². The zero-order chi connectivity index (χ0) is 36.0. The topological polar surface area (TPSA) is 93.1 Å². The Bertz CT molecular complexity index is 772. The summed E-state index contributed by atoms with van der Waals surface area (Å²) in [7, 11) is 0. The standard InChI is InChI=1S/C41H79NO6/c1-8-14-18-20-26-36(24-16-10-3)32-41(40(45)46,33-37(25-17-11-4)27-21-19-15-9-2)30-22-28-38(43)47-34-35(7)48-39(44)29-23-31-42(12-5)13-6/h35-37H,8-34H2,1-7H3,(H,45,46). The van der Waals surface area contributed by atoms with E-state index in [1.807, 2.05) is 0 Å². The maximum Gasteiger partial charge on any atom is 0.309 e. The number of unbranched alkanes of at least 4 members (excludes halogenated alkanes) is 8. The van der Waals surface area contributed by atoms with Crippen molar-refractivity contribution < 1.29 is 29.0 Å². The summed E-state index contributed by atoms with van der Waals surface area (Å²) in [6.07, 6.45) is 21.7. The van der Waals surface area contributed by atoms with Crippen LogP contribution in [-0.2, 0) is 23.9 Å². The molecule has 0 rings (SSSR count). The van der Waals surface area contributed by atoms with Gasteiger partial charge in [0.25, 0.3) is 0 Å². The molecule has 0 aliphatic rings. The predicted molar refractivity (Wildman–Crippen MR) is 200 cm³/mol. The maximum atomic E-state index is 13.4. The molecule has 7 heteroatoms. The number of ether oxygens (including phenoxy) is 2.